The summed E-state index contributed by atoms with van der Waals surface area (Å²) in [5.74, 6) is -1.04. The molecule has 0 bridgehead atoms. The number of ether oxygens (including phenoxy) is 1. The molecule has 2 atom stereocenters. The molecule has 0 aliphatic rings. The van der Waals surface area contributed by atoms with Gasteiger partial charge in [-0.3, -0.25) is 4.79 Å². The van der Waals surface area contributed by atoms with Crippen molar-refractivity contribution in [3.63, 3.8) is 0 Å². The summed E-state index contributed by atoms with van der Waals surface area (Å²) in [4.78, 5) is 24.4. The van der Waals surface area contributed by atoms with E-state index in [1.165, 1.54) is 19.1 Å². The Hall–Kier alpha value is -2.82. The van der Waals surface area contributed by atoms with E-state index in [1.54, 1.807) is 6.07 Å². The van der Waals surface area contributed by atoms with Crippen molar-refractivity contribution in [2.75, 3.05) is 6.54 Å². The lowest BCUT2D eigenvalue weighted by Gasteiger charge is -2.18. The number of benzene rings is 2. The molecule has 0 saturated carbocycles. The average Bonchev–Trinajstić information content (AvgIpc) is 2.62. The molecule has 2 aromatic carbocycles. The Morgan fingerprint density at radius 1 is 1.15 bits per heavy atom. The van der Waals surface area contributed by atoms with Gasteiger partial charge in [0, 0.05) is 12.5 Å². The van der Waals surface area contributed by atoms with E-state index in [-0.39, 0.29) is 23.1 Å². The summed E-state index contributed by atoms with van der Waals surface area (Å²) in [6, 6.07) is 14.6. The van der Waals surface area contributed by atoms with Crippen molar-refractivity contribution < 1.29 is 19.4 Å². The number of aromatic hydroxyl groups is 1. The Bertz CT molecular complexity index is 758. The van der Waals surface area contributed by atoms with Gasteiger partial charge in [-0.1, -0.05) is 43.3 Å². The molecule has 0 saturated heterocycles. The first kappa shape index (κ1) is 19.5. The zero-order chi connectivity index (χ0) is 19.1. The van der Waals surface area contributed by atoms with Crippen LogP contribution in [-0.4, -0.2) is 29.6 Å². The summed E-state index contributed by atoms with van der Waals surface area (Å²) in [7, 11) is 0. The van der Waals surface area contributed by atoms with Crippen LogP contribution in [0, 0.1) is 6.92 Å². The number of hydrogen-bond donors (Lipinski definition) is 2. The van der Waals surface area contributed by atoms with Crippen molar-refractivity contribution >= 4 is 11.9 Å². The van der Waals surface area contributed by atoms with Crippen LogP contribution >= 0.6 is 0 Å². The van der Waals surface area contributed by atoms with Crippen LogP contribution in [0.1, 0.15) is 47.7 Å². The minimum atomic E-state index is -0.948. The molecule has 0 heterocycles. The molecule has 2 rings (SSSR count). The molecule has 2 N–H and O–H groups in total. The van der Waals surface area contributed by atoms with Crippen molar-refractivity contribution in [1.29, 1.82) is 0 Å². The fraction of sp³-hybridized carbons (Fsp3) is 0.333. The third-order valence-electron chi connectivity index (χ3n) is 4.31. The minimum Gasteiger partial charge on any atom is -0.507 e. The Kier molecular flexibility index (Phi) is 6.78. The van der Waals surface area contributed by atoms with Crippen LogP contribution in [0.3, 0.4) is 0 Å². The van der Waals surface area contributed by atoms with Gasteiger partial charge in [0.05, 0.1) is 0 Å². The maximum Gasteiger partial charge on any atom is 0.342 e. The van der Waals surface area contributed by atoms with Gasteiger partial charge in [-0.2, -0.15) is 0 Å². The number of phenols is 1. The van der Waals surface area contributed by atoms with E-state index < -0.39 is 12.1 Å². The highest BCUT2D eigenvalue weighted by atomic mass is 16.5. The number of rotatable bonds is 7. The fourth-order valence-electron chi connectivity index (χ4n) is 2.68. The van der Waals surface area contributed by atoms with Gasteiger partial charge < -0.3 is 15.2 Å². The highest BCUT2D eigenvalue weighted by Crippen LogP contribution is 2.20. The van der Waals surface area contributed by atoms with E-state index in [0.29, 0.717) is 6.54 Å². The number of nitrogens with one attached hydrogen (secondary N) is 1. The molecule has 26 heavy (non-hydrogen) atoms. The van der Waals surface area contributed by atoms with E-state index >= 15 is 0 Å². The lowest BCUT2D eigenvalue weighted by Crippen LogP contribution is -2.38. The second kappa shape index (κ2) is 9.04. The van der Waals surface area contributed by atoms with Crippen LogP contribution in [0.5, 0.6) is 5.75 Å². The lowest BCUT2D eigenvalue weighted by molar-refractivity contribution is -0.129. The zero-order valence-corrected chi connectivity index (χ0v) is 15.4. The van der Waals surface area contributed by atoms with Crippen molar-refractivity contribution in [1.82, 2.24) is 5.32 Å². The van der Waals surface area contributed by atoms with Gasteiger partial charge in [-0.05, 0) is 43.5 Å². The molecule has 0 unspecified atom stereocenters. The number of carbonyl (C=O) groups is 2. The van der Waals surface area contributed by atoms with Gasteiger partial charge in [-0.15, -0.1) is 0 Å². The Labute approximate surface area is 154 Å². The zero-order valence-electron chi connectivity index (χ0n) is 15.4. The number of aryl methyl sites for hydroxylation is 1. The van der Waals surface area contributed by atoms with Gasteiger partial charge in [-0.25, -0.2) is 4.79 Å². The molecule has 0 spiro atoms. The molecule has 0 aromatic heterocycles. The second-order valence-corrected chi connectivity index (χ2v) is 6.33. The van der Waals surface area contributed by atoms with Crippen molar-refractivity contribution in [2.45, 2.75) is 39.2 Å². The first-order valence-corrected chi connectivity index (χ1v) is 8.75. The number of esters is 1. The second-order valence-electron chi connectivity index (χ2n) is 6.33. The Morgan fingerprint density at radius 2 is 1.85 bits per heavy atom. The number of amides is 1. The van der Waals surface area contributed by atoms with Crippen LogP contribution in [0.4, 0.5) is 0 Å². The maximum absolute atomic E-state index is 12.2. The normalized spacial score (nSPS) is 12.9. The Morgan fingerprint density at radius 3 is 2.46 bits per heavy atom. The summed E-state index contributed by atoms with van der Waals surface area (Å²) in [6.07, 6.45) is -0.0631. The van der Waals surface area contributed by atoms with Crippen molar-refractivity contribution in [3.05, 3.63) is 65.2 Å². The predicted octanol–water partition coefficient (Wildman–Crippen LogP) is 3.56. The number of hydrogen-bond acceptors (Lipinski definition) is 4. The molecule has 5 heteroatoms. The van der Waals surface area contributed by atoms with Gasteiger partial charge in [0.15, 0.2) is 6.10 Å². The first-order valence-electron chi connectivity index (χ1n) is 8.75. The molecule has 138 valence electrons. The van der Waals surface area contributed by atoms with Gasteiger partial charge in [0.25, 0.3) is 5.91 Å². The summed E-state index contributed by atoms with van der Waals surface area (Å²) >= 11 is 0. The van der Waals surface area contributed by atoms with E-state index in [0.717, 1.165) is 17.5 Å². The summed E-state index contributed by atoms with van der Waals surface area (Å²) in [5, 5.41) is 12.7. The maximum atomic E-state index is 12.2. The third kappa shape index (κ3) is 5.09. The molecule has 0 aliphatic heterocycles. The summed E-state index contributed by atoms with van der Waals surface area (Å²) in [6.45, 7) is 5.86. The Balaban J connectivity index is 1.91. The smallest absolute Gasteiger partial charge is 0.342 e. The van der Waals surface area contributed by atoms with Crippen LogP contribution in [0.15, 0.2) is 48.5 Å². The van der Waals surface area contributed by atoms with E-state index in [1.807, 2.05) is 37.3 Å². The summed E-state index contributed by atoms with van der Waals surface area (Å²) in [5.41, 5.74) is 2.03. The monoisotopic (exact) mass is 355 g/mol. The fourth-order valence-corrected chi connectivity index (χ4v) is 2.68. The molecule has 0 aliphatic carbocycles. The molecule has 2 aromatic rings. The molecule has 1 amide bonds. The quantitative estimate of drug-likeness (QED) is 0.745. The molecule has 0 radical (unpaired) electrons. The van der Waals surface area contributed by atoms with Crippen LogP contribution < -0.4 is 5.32 Å². The number of carbonyl (C=O) groups excluding carboxylic acids is 2. The van der Waals surface area contributed by atoms with Crippen LogP contribution in [0.2, 0.25) is 0 Å². The van der Waals surface area contributed by atoms with Crippen molar-refractivity contribution in [3.8, 4) is 5.75 Å². The third-order valence-corrected chi connectivity index (χ3v) is 4.31. The van der Waals surface area contributed by atoms with E-state index in [9.17, 15) is 14.7 Å². The predicted molar refractivity (Wildman–Crippen MR) is 100 cm³/mol. The van der Waals surface area contributed by atoms with Crippen LogP contribution in [0.25, 0.3) is 0 Å². The van der Waals surface area contributed by atoms with Crippen LogP contribution in [-0.2, 0) is 9.53 Å². The summed E-state index contributed by atoms with van der Waals surface area (Å²) < 4.78 is 5.18. The largest absolute Gasteiger partial charge is 0.507 e. The van der Waals surface area contributed by atoms with Gasteiger partial charge in [0.2, 0.25) is 0 Å². The lowest BCUT2D eigenvalue weighted by atomic mass is 9.96. The average molecular weight is 355 g/mol. The molecule has 5 nitrogen and oxygen atoms in total. The highest BCUT2D eigenvalue weighted by molar-refractivity contribution is 5.94. The molecular weight excluding hydrogens is 330 g/mol. The minimum absolute atomic E-state index is 0.0472. The standard InChI is InChI=1S/C21H25NO4/c1-4-16(17-8-6-5-7-9-17)13-22-20(24)15(3)26-21(25)18-11-10-14(2)12-19(18)23/h5-12,15-16,23H,4,13H2,1-3H3,(H,22,24)/t15-,16-/m0/s1. The SMILES string of the molecule is CC[C@@H](CNC(=O)[C@H](C)OC(=O)c1ccc(C)cc1O)c1ccccc1. The number of phenolic OH excluding ortho intramolecular Hbond substituents is 1. The van der Waals surface area contributed by atoms with Crippen molar-refractivity contribution in [2.24, 2.45) is 0 Å². The molecule has 0 fully saturated rings. The highest BCUT2D eigenvalue weighted by Gasteiger charge is 2.21. The van der Waals surface area contributed by atoms with E-state index in [2.05, 4.69) is 12.2 Å². The van der Waals surface area contributed by atoms with E-state index in [4.69, 9.17) is 4.74 Å². The van der Waals surface area contributed by atoms with Gasteiger partial charge in [0.1, 0.15) is 11.3 Å². The topological polar surface area (TPSA) is 75.6 Å². The molecular formula is C21H25NO4. The van der Waals surface area contributed by atoms with Gasteiger partial charge >= 0.3 is 5.97 Å². The first-order chi connectivity index (χ1) is 12.4.